The highest BCUT2D eigenvalue weighted by molar-refractivity contribution is 5.67. The zero-order valence-electron chi connectivity index (χ0n) is 21.8. The average Bonchev–Trinajstić information content (AvgIpc) is 2.87. The number of nitrogen functional groups attached to an aromatic ring is 1. The molecule has 8 heteroatoms. The Kier molecular flexibility index (Phi) is 6.53. The summed E-state index contributed by atoms with van der Waals surface area (Å²) in [7, 11) is 6.12. The summed E-state index contributed by atoms with van der Waals surface area (Å²) in [4.78, 5) is 22.8. The fourth-order valence-electron chi connectivity index (χ4n) is 4.98. The van der Waals surface area contributed by atoms with E-state index in [9.17, 15) is 0 Å². The molecule has 1 aromatic carbocycles. The number of benzene rings is 1. The normalized spacial score (nSPS) is 18.2. The Balaban J connectivity index is 1.40. The lowest BCUT2D eigenvalue weighted by Crippen LogP contribution is -2.45. The minimum absolute atomic E-state index is 0.316. The lowest BCUT2D eigenvalue weighted by molar-refractivity contribution is 0.312. The summed E-state index contributed by atoms with van der Waals surface area (Å²) >= 11 is 0. The Hall–Kier alpha value is -3.65. The average molecular weight is 485 g/mol. The number of piperazine rings is 1. The van der Waals surface area contributed by atoms with Crippen molar-refractivity contribution < 1.29 is 0 Å². The molecule has 1 saturated heterocycles. The summed E-state index contributed by atoms with van der Waals surface area (Å²) in [5, 5.41) is 0. The molecule has 3 aromatic rings. The van der Waals surface area contributed by atoms with Crippen LogP contribution in [0.5, 0.6) is 0 Å². The van der Waals surface area contributed by atoms with Crippen LogP contribution in [0.3, 0.4) is 0 Å². The molecule has 1 atom stereocenters. The van der Waals surface area contributed by atoms with Gasteiger partial charge < -0.3 is 25.3 Å². The number of hydrogen-bond donors (Lipinski definition) is 1. The fourth-order valence-corrected chi connectivity index (χ4v) is 4.98. The van der Waals surface area contributed by atoms with Crippen LogP contribution in [-0.2, 0) is 13.0 Å². The smallest absolute Gasteiger partial charge is 0.223 e. The SMILES string of the molecule is C=C(c1ccc(-c2ccc3c(c2)CN(c2cc(N4CCN(C)CC4)nc(N)n2)C(C)C3)cn1)N(C)C. The van der Waals surface area contributed by atoms with Crippen molar-refractivity contribution in [1.29, 1.82) is 0 Å². The van der Waals surface area contributed by atoms with E-state index in [1.165, 1.54) is 11.1 Å². The molecule has 2 aliphatic rings. The number of nitrogens with zero attached hydrogens (tertiary/aromatic N) is 7. The van der Waals surface area contributed by atoms with Gasteiger partial charge in [0.2, 0.25) is 5.95 Å². The van der Waals surface area contributed by atoms with Crippen molar-refractivity contribution in [3.8, 4) is 11.1 Å². The predicted molar refractivity (Wildman–Crippen MR) is 148 cm³/mol. The van der Waals surface area contributed by atoms with Gasteiger partial charge in [0.25, 0.3) is 0 Å². The molecular formula is C28H36N8. The number of likely N-dealkylation sites (N-methyl/N-ethyl adjacent to an activating group) is 1. The molecular weight excluding hydrogens is 448 g/mol. The monoisotopic (exact) mass is 484 g/mol. The summed E-state index contributed by atoms with van der Waals surface area (Å²) in [6.45, 7) is 11.1. The maximum atomic E-state index is 6.19. The molecule has 36 heavy (non-hydrogen) atoms. The van der Waals surface area contributed by atoms with Gasteiger partial charge >= 0.3 is 0 Å². The van der Waals surface area contributed by atoms with Crippen LogP contribution >= 0.6 is 0 Å². The Bertz CT molecular complexity index is 1240. The molecule has 2 aromatic heterocycles. The lowest BCUT2D eigenvalue weighted by atomic mass is 9.91. The molecule has 4 heterocycles. The van der Waals surface area contributed by atoms with Crippen molar-refractivity contribution in [3.63, 3.8) is 0 Å². The molecule has 5 rings (SSSR count). The van der Waals surface area contributed by atoms with Gasteiger partial charge in [0.05, 0.1) is 11.4 Å². The summed E-state index contributed by atoms with van der Waals surface area (Å²) in [6, 6.07) is 13.3. The highest BCUT2D eigenvalue weighted by Gasteiger charge is 2.26. The van der Waals surface area contributed by atoms with E-state index in [0.29, 0.717) is 12.0 Å². The van der Waals surface area contributed by atoms with E-state index in [-0.39, 0.29) is 0 Å². The van der Waals surface area contributed by atoms with Crippen molar-refractivity contribution >= 4 is 23.3 Å². The molecule has 0 radical (unpaired) electrons. The minimum Gasteiger partial charge on any atom is -0.376 e. The number of nitrogens with two attached hydrogens (primary N) is 1. The summed E-state index contributed by atoms with van der Waals surface area (Å²) < 4.78 is 0. The van der Waals surface area contributed by atoms with Crippen LogP contribution in [0.25, 0.3) is 16.8 Å². The largest absolute Gasteiger partial charge is 0.376 e. The van der Waals surface area contributed by atoms with E-state index in [0.717, 1.165) is 73.3 Å². The van der Waals surface area contributed by atoms with Crippen LogP contribution in [0.2, 0.25) is 0 Å². The Labute approximate surface area is 214 Å². The molecule has 0 aliphatic carbocycles. The first kappa shape index (κ1) is 24.1. The standard InChI is InChI=1S/C28H36N8/c1-19-14-21-6-7-22(23-8-9-25(30-17-23)20(2)33(3)4)15-24(21)18-36(19)27-16-26(31-28(29)32-27)35-12-10-34(5)11-13-35/h6-9,15-17,19H,2,10-14,18H2,1,3-5H3,(H2,29,31,32). The summed E-state index contributed by atoms with van der Waals surface area (Å²) in [5.41, 5.74) is 12.9. The zero-order valence-corrected chi connectivity index (χ0v) is 21.8. The maximum Gasteiger partial charge on any atom is 0.223 e. The van der Waals surface area contributed by atoms with Gasteiger partial charge in [-0.1, -0.05) is 24.8 Å². The number of hydrogen-bond acceptors (Lipinski definition) is 8. The lowest BCUT2D eigenvalue weighted by Gasteiger charge is -2.37. The van der Waals surface area contributed by atoms with Crippen molar-refractivity contribution in [2.24, 2.45) is 0 Å². The second-order valence-corrected chi connectivity index (χ2v) is 10.2. The van der Waals surface area contributed by atoms with E-state index in [4.69, 9.17) is 5.73 Å². The third kappa shape index (κ3) is 4.86. The first-order valence-corrected chi connectivity index (χ1v) is 12.6. The minimum atomic E-state index is 0.316. The van der Waals surface area contributed by atoms with Gasteiger partial charge in [0, 0.05) is 70.7 Å². The Morgan fingerprint density at radius 3 is 2.39 bits per heavy atom. The van der Waals surface area contributed by atoms with Crippen molar-refractivity contribution in [2.75, 3.05) is 62.9 Å². The fraction of sp³-hybridized carbons (Fsp3) is 0.393. The van der Waals surface area contributed by atoms with E-state index >= 15 is 0 Å². The topological polar surface area (TPSA) is 77.6 Å². The van der Waals surface area contributed by atoms with E-state index in [2.05, 4.69) is 80.5 Å². The molecule has 2 aliphatic heterocycles. The third-order valence-corrected chi connectivity index (χ3v) is 7.36. The van der Waals surface area contributed by atoms with Gasteiger partial charge in [-0.25, -0.2) is 0 Å². The Morgan fingerprint density at radius 2 is 1.69 bits per heavy atom. The van der Waals surface area contributed by atoms with E-state index in [1.54, 1.807) is 0 Å². The highest BCUT2D eigenvalue weighted by atomic mass is 15.3. The number of pyridine rings is 1. The Morgan fingerprint density at radius 1 is 0.972 bits per heavy atom. The molecule has 188 valence electrons. The molecule has 0 spiro atoms. The van der Waals surface area contributed by atoms with E-state index < -0.39 is 0 Å². The summed E-state index contributed by atoms with van der Waals surface area (Å²) in [5.74, 6) is 2.15. The molecule has 8 nitrogen and oxygen atoms in total. The summed E-state index contributed by atoms with van der Waals surface area (Å²) in [6.07, 6.45) is 2.89. The van der Waals surface area contributed by atoms with Crippen LogP contribution < -0.4 is 15.5 Å². The number of fused-ring (bicyclic) bond motifs is 1. The van der Waals surface area contributed by atoms with Crippen molar-refractivity contribution in [3.05, 3.63) is 66.0 Å². The quantitative estimate of drug-likeness (QED) is 0.591. The van der Waals surface area contributed by atoms with Crippen molar-refractivity contribution in [2.45, 2.75) is 25.9 Å². The van der Waals surface area contributed by atoms with Crippen LogP contribution in [0.1, 0.15) is 23.7 Å². The van der Waals surface area contributed by atoms with Crippen LogP contribution in [-0.4, -0.2) is 78.1 Å². The van der Waals surface area contributed by atoms with Gasteiger partial charge in [-0.2, -0.15) is 9.97 Å². The van der Waals surface area contributed by atoms with Crippen LogP contribution in [0.15, 0.2) is 49.2 Å². The highest BCUT2D eigenvalue weighted by Crippen LogP contribution is 2.32. The first-order valence-electron chi connectivity index (χ1n) is 12.6. The van der Waals surface area contributed by atoms with Gasteiger partial charge in [-0.05, 0) is 49.2 Å². The number of rotatable bonds is 5. The molecule has 0 saturated carbocycles. The third-order valence-electron chi connectivity index (χ3n) is 7.36. The first-order chi connectivity index (χ1) is 17.3. The molecule has 1 fully saturated rings. The number of anilines is 3. The second-order valence-electron chi connectivity index (χ2n) is 10.2. The van der Waals surface area contributed by atoms with Crippen LogP contribution in [0.4, 0.5) is 17.6 Å². The zero-order chi connectivity index (χ0) is 25.4. The van der Waals surface area contributed by atoms with Crippen LogP contribution in [0, 0.1) is 0 Å². The predicted octanol–water partition coefficient (Wildman–Crippen LogP) is 3.36. The second kappa shape index (κ2) is 9.78. The van der Waals surface area contributed by atoms with Gasteiger partial charge in [-0.3, -0.25) is 4.98 Å². The van der Waals surface area contributed by atoms with E-state index in [1.807, 2.05) is 31.3 Å². The van der Waals surface area contributed by atoms with Gasteiger partial charge in [0.1, 0.15) is 11.6 Å². The maximum absolute atomic E-state index is 6.19. The molecule has 2 N–H and O–H groups in total. The molecule has 0 amide bonds. The van der Waals surface area contributed by atoms with Crippen molar-refractivity contribution in [1.82, 2.24) is 24.8 Å². The molecule has 0 bridgehead atoms. The van der Waals surface area contributed by atoms with Gasteiger partial charge in [0.15, 0.2) is 0 Å². The molecule has 1 unspecified atom stereocenters. The number of aromatic nitrogens is 3. The van der Waals surface area contributed by atoms with Gasteiger partial charge in [-0.15, -0.1) is 0 Å².